The summed E-state index contributed by atoms with van der Waals surface area (Å²) in [6.45, 7) is 0.545. The van der Waals surface area contributed by atoms with Gasteiger partial charge in [0.2, 0.25) is 0 Å². The van der Waals surface area contributed by atoms with Crippen molar-refractivity contribution in [2.24, 2.45) is 0 Å². The van der Waals surface area contributed by atoms with Crippen LogP contribution in [0.4, 0.5) is 0 Å². The molecule has 5 nitrogen and oxygen atoms in total. The molecule has 23 heavy (non-hydrogen) atoms. The number of aliphatic hydroxyl groups is 1. The Hall–Kier alpha value is -2.24. The molecule has 0 saturated carbocycles. The quantitative estimate of drug-likeness (QED) is 0.783. The molecule has 0 saturated heterocycles. The van der Waals surface area contributed by atoms with Crippen LogP contribution in [-0.4, -0.2) is 33.0 Å². The third-order valence-electron chi connectivity index (χ3n) is 3.71. The largest absolute Gasteiger partial charge is 0.496 e. The summed E-state index contributed by atoms with van der Waals surface area (Å²) in [5, 5.41) is 13.0. The number of nitrogens with one attached hydrogen (secondary N) is 1. The molecular formula is C18H23NO4. The number of methoxy groups -OCH3 is 3. The minimum absolute atomic E-state index is 0.0135. The third-order valence-corrected chi connectivity index (χ3v) is 3.71. The van der Waals surface area contributed by atoms with E-state index in [0.29, 0.717) is 23.8 Å². The van der Waals surface area contributed by atoms with E-state index < -0.39 is 0 Å². The van der Waals surface area contributed by atoms with Crippen molar-refractivity contribution in [1.29, 1.82) is 0 Å². The van der Waals surface area contributed by atoms with Gasteiger partial charge in [0.25, 0.3) is 0 Å². The van der Waals surface area contributed by atoms with E-state index in [1.54, 1.807) is 27.4 Å². The van der Waals surface area contributed by atoms with Crippen LogP contribution in [0.2, 0.25) is 0 Å². The number of aliphatic hydroxyl groups excluding tert-OH is 1. The molecule has 0 aliphatic heterocycles. The highest BCUT2D eigenvalue weighted by Gasteiger charge is 2.14. The zero-order chi connectivity index (χ0) is 16.7. The average molecular weight is 317 g/mol. The Bertz CT molecular complexity index is 616. The van der Waals surface area contributed by atoms with Crippen LogP contribution in [0.5, 0.6) is 17.2 Å². The van der Waals surface area contributed by atoms with Crippen molar-refractivity contribution in [3.8, 4) is 17.2 Å². The molecule has 1 unspecified atom stereocenters. The Morgan fingerprint density at radius 3 is 2.09 bits per heavy atom. The van der Waals surface area contributed by atoms with Gasteiger partial charge < -0.3 is 24.6 Å². The van der Waals surface area contributed by atoms with E-state index in [-0.39, 0.29) is 12.6 Å². The fourth-order valence-electron chi connectivity index (χ4n) is 2.44. The van der Waals surface area contributed by atoms with E-state index in [1.165, 1.54) is 0 Å². The van der Waals surface area contributed by atoms with Crippen LogP contribution in [0.25, 0.3) is 0 Å². The first-order chi connectivity index (χ1) is 11.2. The highest BCUT2D eigenvalue weighted by Crippen LogP contribution is 2.34. The summed E-state index contributed by atoms with van der Waals surface area (Å²) in [6.07, 6.45) is 0. The summed E-state index contributed by atoms with van der Waals surface area (Å²) in [5.41, 5.74) is 1.97. The summed E-state index contributed by atoms with van der Waals surface area (Å²) in [6, 6.07) is 13.4. The summed E-state index contributed by atoms with van der Waals surface area (Å²) in [5.74, 6) is 1.97. The van der Waals surface area contributed by atoms with Gasteiger partial charge in [-0.1, -0.05) is 30.3 Å². The number of hydrogen-bond donors (Lipinski definition) is 2. The van der Waals surface area contributed by atoms with Crippen molar-refractivity contribution in [1.82, 2.24) is 5.32 Å². The lowest BCUT2D eigenvalue weighted by Crippen LogP contribution is -2.24. The molecule has 0 fully saturated rings. The average Bonchev–Trinajstić information content (AvgIpc) is 2.62. The van der Waals surface area contributed by atoms with Gasteiger partial charge in [-0.25, -0.2) is 0 Å². The Kier molecular flexibility index (Phi) is 6.26. The van der Waals surface area contributed by atoms with Gasteiger partial charge in [0.1, 0.15) is 5.75 Å². The van der Waals surface area contributed by atoms with E-state index in [2.05, 4.69) is 5.32 Å². The Balaban J connectivity index is 2.18. The molecule has 2 N–H and O–H groups in total. The van der Waals surface area contributed by atoms with Crippen LogP contribution in [0.3, 0.4) is 0 Å². The summed E-state index contributed by atoms with van der Waals surface area (Å²) >= 11 is 0. The molecule has 2 rings (SSSR count). The standard InChI is InChI=1S/C18H23NO4/c1-21-16-10-18(23-3)17(22-2)9-14(16)11-19-15(12-20)13-7-5-4-6-8-13/h4-10,15,19-20H,11-12H2,1-3H3. The maximum Gasteiger partial charge on any atom is 0.164 e. The molecule has 5 heteroatoms. The lowest BCUT2D eigenvalue weighted by atomic mass is 10.1. The molecule has 1 atom stereocenters. The van der Waals surface area contributed by atoms with Crippen LogP contribution in [0.1, 0.15) is 17.2 Å². The number of hydrogen-bond acceptors (Lipinski definition) is 5. The van der Waals surface area contributed by atoms with Crippen LogP contribution < -0.4 is 19.5 Å². The molecular weight excluding hydrogens is 294 g/mol. The second-order valence-electron chi connectivity index (χ2n) is 5.05. The van der Waals surface area contributed by atoms with Gasteiger partial charge in [-0.05, 0) is 11.6 Å². The Morgan fingerprint density at radius 2 is 1.52 bits per heavy atom. The summed E-state index contributed by atoms with van der Waals surface area (Å²) in [7, 11) is 4.81. The maximum absolute atomic E-state index is 9.63. The van der Waals surface area contributed by atoms with Crippen molar-refractivity contribution in [3.05, 3.63) is 53.6 Å². The number of benzene rings is 2. The number of ether oxygens (including phenoxy) is 3. The van der Waals surface area contributed by atoms with Crippen LogP contribution in [0.15, 0.2) is 42.5 Å². The van der Waals surface area contributed by atoms with Crippen molar-refractivity contribution < 1.29 is 19.3 Å². The normalized spacial score (nSPS) is 11.8. The van der Waals surface area contributed by atoms with E-state index in [1.807, 2.05) is 36.4 Å². The molecule has 0 spiro atoms. The summed E-state index contributed by atoms with van der Waals surface area (Å²) < 4.78 is 16.0. The zero-order valence-electron chi connectivity index (χ0n) is 13.7. The second-order valence-corrected chi connectivity index (χ2v) is 5.05. The summed E-state index contributed by atoms with van der Waals surface area (Å²) in [4.78, 5) is 0. The molecule has 0 radical (unpaired) electrons. The van der Waals surface area contributed by atoms with E-state index in [0.717, 1.165) is 11.1 Å². The highest BCUT2D eigenvalue weighted by molar-refractivity contribution is 5.50. The van der Waals surface area contributed by atoms with E-state index >= 15 is 0 Å². The molecule has 0 aromatic heterocycles. The maximum atomic E-state index is 9.63. The van der Waals surface area contributed by atoms with Gasteiger partial charge in [0.05, 0.1) is 34.0 Å². The number of rotatable bonds is 8. The third kappa shape index (κ3) is 4.15. The van der Waals surface area contributed by atoms with Gasteiger partial charge in [-0.15, -0.1) is 0 Å². The van der Waals surface area contributed by atoms with Gasteiger partial charge >= 0.3 is 0 Å². The SMILES string of the molecule is COc1cc(OC)c(OC)cc1CNC(CO)c1ccccc1. The molecule has 0 aliphatic carbocycles. The first-order valence-corrected chi connectivity index (χ1v) is 7.41. The van der Waals surface area contributed by atoms with Gasteiger partial charge in [-0.3, -0.25) is 0 Å². The molecule has 0 bridgehead atoms. The van der Waals surface area contributed by atoms with Gasteiger partial charge in [0.15, 0.2) is 11.5 Å². The monoisotopic (exact) mass is 317 g/mol. The molecule has 2 aromatic rings. The van der Waals surface area contributed by atoms with Crippen molar-refractivity contribution in [2.45, 2.75) is 12.6 Å². The fourth-order valence-corrected chi connectivity index (χ4v) is 2.44. The zero-order valence-corrected chi connectivity index (χ0v) is 13.7. The minimum Gasteiger partial charge on any atom is -0.496 e. The molecule has 2 aromatic carbocycles. The minimum atomic E-state index is -0.144. The van der Waals surface area contributed by atoms with Gasteiger partial charge in [-0.2, -0.15) is 0 Å². The van der Waals surface area contributed by atoms with Crippen LogP contribution >= 0.6 is 0 Å². The predicted molar refractivity (Wildman–Crippen MR) is 89.2 cm³/mol. The topological polar surface area (TPSA) is 60.0 Å². The smallest absolute Gasteiger partial charge is 0.164 e. The van der Waals surface area contributed by atoms with Crippen LogP contribution in [0, 0.1) is 0 Å². The first-order valence-electron chi connectivity index (χ1n) is 7.41. The van der Waals surface area contributed by atoms with Crippen molar-refractivity contribution in [3.63, 3.8) is 0 Å². The van der Waals surface area contributed by atoms with Gasteiger partial charge in [0, 0.05) is 18.2 Å². The van der Waals surface area contributed by atoms with E-state index in [4.69, 9.17) is 14.2 Å². The van der Waals surface area contributed by atoms with Crippen molar-refractivity contribution >= 4 is 0 Å². The highest BCUT2D eigenvalue weighted by atomic mass is 16.5. The molecule has 0 heterocycles. The first kappa shape index (κ1) is 17.1. The van der Waals surface area contributed by atoms with Crippen LogP contribution in [-0.2, 0) is 6.54 Å². The molecule has 0 aliphatic rings. The van der Waals surface area contributed by atoms with Crippen molar-refractivity contribution in [2.75, 3.05) is 27.9 Å². The Labute approximate surface area is 136 Å². The fraction of sp³-hybridized carbons (Fsp3) is 0.333. The lowest BCUT2D eigenvalue weighted by molar-refractivity contribution is 0.243. The Morgan fingerprint density at radius 1 is 0.913 bits per heavy atom. The molecule has 0 amide bonds. The molecule has 124 valence electrons. The lowest BCUT2D eigenvalue weighted by Gasteiger charge is -2.19. The second kappa shape index (κ2) is 8.41. The van der Waals surface area contributed by atoms with E-state index in [9.17, 15) is 5.11 Å². The predicted octanol–water partition coefficient (Wildman–Crippen LogP) is 2.54.